The van der Waals surface area contributed by atoms with Gasteiger partial charge in [-0.3, -0.25) is 4.98 Å². The van der Waals surface area contributed by atoms with Gasteiger partial charge in [0.05, 0.1) is 36.9 Å². The molecule has 3 aromatic heterocycles. The normalized spacial score (nSPS) is 11.3. The van der Waals surface area contributed by atoms with Crippen LogP contribution >= 0.6 is 0 Å². The van der Waals surface area contributed by atoms with Gasteiger partial charge in [-0.15, -0.1) is 0 Å². The highest BCUT2D eigenvalue weighted by atomic mass is 16.3. The topological polar surface area (TPSA) is 112 Å². The third-order valence-electron chi connectivity index (χ3n) is 4.79. The Labute approximate surface area is 174 Å². The van der Waals surface area contributed by atoms with E-state index in [1.165, 1.54) is 0 Å². The quantitative estimate of drug-likeness (QED) is 0.388. The molecule has 30 heavy (non-hydrogen) atoms. The molecule has 0 atom stereocenters. The Morgan fingerprint density at radius 2 is 1.87 bits per heavy atom. The van der Waals surface area contributed by atoms with E-state index in [1.807, 2.05) is 34.9 Å². The Bertz CT molecular complexity index is 1140. The smallest absolute Gasteiger partial charge is 0.229 e. The average Bonchev–Trinajstić information content (AvgIpc) is 3.17. The molecule has 0 aliphatic heterocycles. The predicted octanol–water partition coefficient (Wildman–Crippen LogP) is 2.32. The summed E-state index contributed by atoms with van der Waals surface area (Å²) in [6, 6.07) is 9.92. The highest BCUT2D eigenvalue weighted by Crippen LogP contribution is 2.27. The molecule has 9 nitrogen and oxygen atoms in total. The van der Waals surface area contributed by atoms with Crippen LogP contribution in [0.4, 0.5) is 17.5 Å². The molecule has 3 N–H and O–H groups in total. The van der Waals surface area contributed by atoms with Crippen LogP contribution in [0.5, 0.6) is 0 Å². The van der Waals surface area contributed by atoms with Crippen molar-refractivity contribution in [1.82, 2.24) is 24.5 Å². The fourth-order valence-corrected chi connectivity index (χ4v) is 3.40. The second kappa shape index (κ2) is 9.02. The van der Waals surface area contributed by atoms with Gasteiger partial charge in [-0.1, -0.05) is 25.1 Å². The van der Waals surface area contributed by atoms with Crippen molar-refractivity contribution in [1.29, 1.82) is 0 Å². The van der Waals surface area contributed by atoms with Crippen LogP contribution in [0.1, 0.15) is 13.3 Å². The van der Waals surface area contributed by atoms with E-state index in [-0.39, 0.29) is 13.2 Å². The molecule has 0 saturated heterocycles. The van der Waals surface area contributed by atoms with Crippen molar-refractivity contribution in [2.75, 3.05) is 36.5 Å². The summed E-state index contributed by atoms with van der Waals surface area (Å²) in [6.07, 6.45) is 4.47. The lowest BCUT2D eigenvalue weighted by Crippen LogP contribution is -2.31. The number of aliphatic hydroxyl groups excluding tert-OH is 2. The third-order valence-corrected chi connectivity index (χ3v) is 4.79. The maximum absolute atomic E-state index is 9.42. The number of para-hydroxylation sites is 1. The number of pyridine rings is 1. The predicted molar refractivity (Wildman–Crippen MR) is 117 cm³/mol. The molecule has 0 saturated carbocycles. The summed E-state index contributed by atoms with van der Waals surface area (Å²) < 4.78 is 1.99. The van der Waals surface area contributed by atoms with Gasteiger partial charge in [0.2, 0.25) is 5.95 Å². The van der Waals surface area contributed by atoms with Gasteiger partial charge >= 0.3 is 0 Å². The highest BCUT2D eigenvalue weighted by molar-refractivity contribution is 5.88. The molecule has 9 heteroatoms. The molecule has 0 spiro atoms. The molecule has 1 aromatic carbocycles. The van der Waals surface area contributed by atoms with E-state index in [2.05, 4.69) is 32.2 Å². The number of nitrogens with one attached hydrogen (secondary N) is 1. The van der Waals surface area contributed by atoms with Gasteiger partial charge in [0.1, 0.15) is 0 Å². The monoisotopic (exact) mass is 407 g/mol. The van der Waals surface area contributed by atoms with Crippen LogP contribution in [0, 0.1) is 0 Å². The van der Waals surface area contributed by atoms with E-state index >= 15 is 0 Å². The number of benzene rings is 1. The van der Waals surface area contributed by atoms with Gasteiger partial charge in [0.25, 0.3) is 0 Å². The number of rotatable bonds is 9. The molecule has 0 amide bonds. The molecule has 3 heterocycles. The standard InChI is InChI=1S/C21H25N7O2/c1-2-7-28-14-23-18-19(24-16-12-15-5-3-4-6-17(15)22-13-16)25-21(26-20(18)28)27(8-10-29)9-11-30/h3-6,12-14,29-30H,2,7-11H2,1H3,(H,24,25,26). The van der Waals surface area contributed by atoms with Crippen LogP contribution < -0.4 is 10.2 Å². The lowest BCUT2D eigenvalue weighted by molar-refractivity contribution is 0.280. The molecule has 0 bridgehead atoms. The van der Waals surface area contributed by atoms with Gasteiger partial charge < -0.3 is 25.0 Å². The Hall–Kier alpha value is -3.30. The zero-order valence-corrected chi connectivity index (χ0v) is 16.9. The maximum atomic E-state index is 9.42. The van der Waals surface area contributed by atoms with E-state index in [0.29, 0.717) is 36.0 Å². The first-order valence-electron chi connectivity index (χ1n) is 10.0. The Balaban J connectivity index is 1.79. The van der Waals surface area contributed by atoms with E-state index in [0.717, 1.165) is 29.6 Å². The summed E-state index contributed by atoms with van der Waals surface area (Å²) in [4.78, 5) is 20.1. The first-order valence-corrected chi connectivity index (χ1v) is 10.0. The number of fused-ring (bicyclic) bond motifs is 2. The van der Waals surface area contributed by atoms with E-state index in [9.17, 15) is 10.2 Å². The first-order chi connectivity index (χ1) is 14.7. The molecule has 4 aromatic rings. The Kier molecular flexibility index (Phi) is 6.01. The molecule has 0 unspecified atom stereocenters. The van der Waals surface area contributed by atoms with Gasteiger partial charge in [0.15, 0.2) is 17.0 Å². The van der Waals surface area contributed by atoms with Crippen LogP contribution in [0.25, 0.3) is 22.1 Å². The van der Waals surface area contributed by atoms with E-state index in [4.69, 9.17) is 0 Å². The number of hydrogen-bond acceptors (Lipinski definition) is 8. The van der Waals surface area contributed by atoms with Crippen LogP contribution in [-0.4, -0.2) is 61.0 Å². The number of aliphatic hydroxyl groups is 2. The SMILES string of the molecule is CCCn1cnc2c(Nc3cnc4ccccc4c3)nc(N(CCO)CCO)nc21. The summed E-state index contributed by atoms with van der Waals surface area (Å²) >= 11 is 0. The summed E-state index contributed by atoms with van der Waals surface area (Å²) in [5.41, 5.74) is 3.08. The van der Waals surface area contributed by atoms with Gasteiger partial charge in [-0.2, -0.15) is 9.97 Å². The number of aromatic nitrogens is 5. The number of anilines is 3. The molecule has 0 fully saturated rings. The Morgan fingerprint density at radius 1 is 1.07 bits per heavy atom. The van der Waals surface area contributed by atoms with Crippen molar-refractivity contribution in [3.8, 4) is 0 Å². The van der Waals surface area contributed by atoms with E-state index in [1.54, 1.807) is 17.4 Å². The molecule has 0 radical (unpaired) electrons. The highest BCUT2D eigenvalue weighted by Gasteiger charge is 2.17. The number of imidazole rings is 1. The molecule has 0 aliphatic rings. The molecule has 4 rings (SSSR count). The zero-order valence-electron chi connectivity index (χ0n) is 16.9. The minimum Gasteiger partial charge on any atom is -0.395 e. The summed E-state index contributed by atoms with van der Waals surface area (Å²) in [6.45, 7) is 3.40. The van der Waals surface area contributed by atoms with Crippen molar-refractivity contribution >= 4 is 39.5 Å². The van der Waals surface area contributed by atoms with Crippen LogP contribution in [0.2, 0.25) is 0 Å². The maximum Gasteiger partial charge on any atom is 0.229 e. The lowest BCUT2D eigenvalue weighted by Gasteiger charge is -2.21. The first kappa shape index (κ1) is 20.0. The molecule has 156 valence electrons. The van der Waals surface area contributed by atoms with Gasteiger partial charge in [0, 0.05) is 25.0 Å². The van der Waals surface area contributed by atoms with Crippen molar-refractivity contribution in [3.05, 3.63) is 42.9 Å². The van der Waals surface area contributed by atoms with Crippen LogP contribution in [-0.2, 0) is 6.54 Å². The van der Waals surface area contributed by atoms with Crippen LogP contribution in [0.15, 0.2) is 42.9 Å². The largest absolute Gasteiger partial charge is 0.395 e. The number of aryl methyl sites for hydroxylation is 1. The second-order valence-corrected chi connectivity index (χ2v) is 6.96. The average molecular weight is 407 g/mol. The summed E-state index contributed by atoms with van der Waals surface area (Å²) in [7, 11) is 0. The molecular weight excluding hydrogens is 382 g/mol. The van der Waals surface area contributed by atoms with Gasteiger partial charge in [-0.05, 0) is 18.6 Å². The van der Waals surface area contributed by atoms with Crippen molar-refractivity contribution < 1.29 is 10.2 Å². The minimum absolute atomic E-state index is 0.0625. The molecule has 0 aliphatic carbocycles. The van der Waals surface area contributed by atoms with Crippen LogP contribution in [0.3, 0.4) is 0 Å². The third kappa shape index (κ3) is 4.03. The number of hydrogen-bond donors (Lipinski definition) is 3. The lowest BCUT2D eigenvalue weighted by atomic mass is 10.2. The second-order valence-electron chi connectivity index (χ2n) is 6.96. The van der Waals surface area contributed by atoms with Gasteiger partial charge in [-0.25, -0.2) is 4.98 Å². The number of nitrogens with zero attached hydrogens (tertiary/aromatic N) is 6. The Morgan fingerprint density at radius 3 is 2.63 bits per heavy atom. The van der Waals surface area contributed by atoms with Crippen molar-refractivity contribution in [2.45, 2.75) is 19.9 Å². The fourth-order valence-electron chi connectivity index (χ4n) is 3.40. The molecular formula is C21H25N7O2. The summed E-state index contributed by atoms with van der Waals surface area (Å²) in [5, 5.41) is 23.2. The zero-order chi connectivity index (χ0) is 20.9. The van der Waals surface area contributed by atoms with Crippen molar-refractivity contribution in [3.63, 3.8) is 0 Å². The van der Waals surface area contributed by atoms with Crippen molar-refractivity contribution in [2.24, 2.45) is 0 Å². The minimum atomic E-state index is -0.0625. The summed E-state index contributed by atoms with van der Waals surface area (Å²) in [5.74, 6) is 0.988. The fraction of sp³-hybridized carbons (Fsp3) is 0.333. The van der Waals surface area contributed by atoms with E-state index < -0.39 is 0 Å².